The van der Waals surface area contributed by atoms with E-state index < -0.39 is 0 Å². The molecular weight excluding hydrogens is 180 g/mol. The van der Waals surface area contributed by atoms with Crippen molar-refractivity contribution in [2.24, 2.45) is 5.73 Å². The van der Waals surface area contributed by atoms with Crippen molar-refractivity contribution in [2.45, 2.75) is 18.5 Å². The number of hydrogen-bond acceptors (Lipinski definition) is 4. The van der Waals surface area contributed by atoms with Gasteiger partial charge in [-0.3, -0.25) is 9.69 Å². The Morgan fingerprint density at radius 3 is 2.58 bits per heavy atom. The highest BCUT2D eigenvalue weighted by atomic mass is 35.5. The molecule has 4 nitrogen and oxygen atoms in total. The van der Waals surface area contributed by atoms with Crippen LogP contribution in [0.3, 0.4) is 0 Å². The lowest BCUT2D eigenvalue weighted by Crippen LogP contribution is -2.33. The first-order valence-electron chi connectivity index (χ1n) is 3.68. The zero-order valence-corrected chi connectivity index (χ0v) is 8.13. The summed E-state index contributed by atoms with van der Waals surface area (Å²) in [5.74, 6) is -0.180. The van der Waals surface area contributed by atoms with Crippen molar-refractivity contribution in [1.82, 2.24) is 4.90 Å². The van der Waals surface area contributed by atoms with E-state index in [4.69, 9.17) is 5.73 Å². The Labute approximate surface area is 78.5 Å². The van der Waals surface area contributed by atoms with Crippen LogP contribution in [-0.4, -0.2) is 43.7 Å². The van der Waals surface area contributed by atoms with Crippen molar-refractivity contribution in [3.8, 4) is 0 Å². The first-order chi connectivity index (χ1) is 5.15. The minimum atomic E-state index is -0.180. The van der Waals surface area contributed by atoms with Crippen molar-refractivity contribution in [3.63, 3.8) is 0 Å². The van der Waals surface area contributed by atoms with Crippen LogP contribution in [-0.2, 0) is 9.53 Å². The summed E-state index contributed by atoms with van der Waals surface area (Å²) in [6.45, 7) is 0.778. The average Bonchev–Trinajstić information content (AvgIpc) is 2.28. The number of nitrogens with two attached hydrogens (primary N) is 1. The van der Waals surface area contributed by atoms with Crippen LogP contribution in [0.2, 0.25) is 0 Å². The number of likely N-dealkylation sites (N-methyl/N-ethyl adjacent to an activating group) is 1. The van der Waals surface area contributed by atoms with Crippen LogP contribution in [0, 0.1) is 0 Å². The second-order valence-corrected chi connectivity index (χ2v) is 2.97. The summed E-state index contributed by atoms with van der Waals surface area (Å²) in [5, 5.41) is 0. The van der Waals surface area contributed by atoms with E-state index in [1.54, 1.807) is 0 Å². The van der Waals surface area contributed by atoms with E-state index >= 15 is 0 Å². The fraction of sp³-hybridized carbons (Fsp3) is 0.857. The average molecular weight is 195 g/mol. The van der Waals surface area contributed by atoms with E-state index in [0.717, 1.165) is 6.54 Å². The molecule has 0 aliphatic carbocycles. The third kappa shape index (κ3) is 2.33. The number of halogens is 1. The molecule has 5 heteroatoms. The Balaban J connectivity index is 0.00000121. The van der Waals surface area contributed by atoms with E-state index in [9.17, 15) is 4.79 Å². The molecule has 1 heterocycles. The third-order valence-electron chi connectivity index (χ3n) is 2.05. The molecule has 2 atom stereocenters. The maximum atomic E-state index is 11.1. The van der Waals surface area contributed by atoms with Crippen LogP contribution in [0.25, 0.3) is 0 Å². The maximum Gasteiger partial charge on any atom is 0.323 e. The summed E-state index contributed by atoms with van der Waals surface area (Å²) in [6.07, 6.45) is 0.711. The highest BCUT2D eigenvalue weighted by Crippen LogP contribution is 2.14. The Hall–Kier alpha value is -0.320. The number of carbonyl (C=O) groups excluding carboxylic acids is 1. The van der Waals surface area contributed by atoms with Crippen molar-refractivity contribution < 1.29 is 9.53 Å². The molecular formula is C7H15ClN2O2. The van der Waals surface area contributed by atoms with Gasteiger partial charge in [-0.2, -0.15) is 0 Å². The largest absolute Gasteiger partial charge is 0.468 e. The van der Waals surface area contributed by atoms with E-state index in [0.29, 0.717) is 6.42 Å². The Morgan fingerprint density at radius 2 is 2.25 bits per heavy atom. The first kappa shape index (κ1) is 11.7. The van der Waals surface area contributed by atoms with Crippen molar-refractivity contribution >= 4 is 18.4 Å². The lowest BCUT2D eigenvalue weighted by molar-refractivity contribution is -0.145. The van der Waals surface area contributed by atoms with Gasteiger partial charge in [0.15, 0.2) is 0 Å². The standard InChI is InChI=1S/C7H14N2O2.ClH/c1-9-4-5(8)3-6(9)7(10)11-2;/h5-6H,3-4,8H2,1-2H3;1H/t5-,6+;/m1./s1. The van der Waals surface area contributed by atoms with Gasteiger partial charge in [-0.1, -0.05) is 0 Å². The Morgan fingerprint density at radius 1 is 1.67 bits per heavy atom. The van der Waals surface area contributed by atoms with Crippen LogP contribution in [0.4, 0.5) is 0 Å². The third-order valence-corrected chi connectivity index (χ3v) is 2.05. The molecule has 0 unspecified atom stereocenters. The smallest absolute Gasteiger partial charge is 0.323 e. The van der Waals surface area contributed by atoms with Gasteiger partial charge >= 0.3 is 5.97 Å². The number of esters is 1. The van der Waals surface area contributed by atoms with Gasteiger partial charge in [-0.15, -0.1) is 12.4 Å². The number of carbonyl (C=O) groups is 1. The number of likely N-dealkylation sites (tertiary alicyclic amines) is 1. The normalized spacial score (nSPS) is 29.6. The minimum Gasteiger partial charge on any atom is -0.468 e. The highest BCUT2D eigenvalue weighted by molar-refractivity contribution is 5.85. The minimum absolute atomic E-state index is 0. The van der Waals surface area contributed by atoms with Gasteiger partial charge in [-0.25, -0.2) is 0 Å². The van der Waals surface area contributed by atoms with Gasteiger partial charge < -0.3 is 10.5 Å². The summed E-state index contributed by atoms with van der Waals surface area (Å²) in [5.41, 5.74) is 5.66. The molecule has 0 radical (unpaired) electrons. The molecule has 2 N–H and O–H groups in total. The number of rotatable bonds is 1. The summed E-state index contributed by atoms with van der Waals surface area (Å²) >= 11 is 0. The molecule has 72 valence electrons. The lowest BCUT2D eigenvalue weighted by atomic mass is 10.2. The topological polar surface area (TPSA) is 55.6 Å². The first-order valence-corrected chi connectivity index (χ1v) is 3.68. The van der Waals surface area contributed by atoms with Gasteiger partial charge in [0.2, 0.25) is 0 Å². The fourth-order valence-corrected chi connectivity index (χ4v) is 1.45. The SMILES string of the molecule is COC(=O)[C@@H]1C[C@@H](N)CN1C.Cl. The van der Waals surface area contributed by atoms with Crippen molar-refractivity contribution in [1.29, 1.82) is 0 Å². The van der Waals surface area contributed by atoms with Gasteiger partial charge in [0.1, 0.15) is 6.04 Å². The zero-order chi connectivity index (χ0) is 8.43. The maximum absolute atomic E-state index is 11.1. The van der Waals surface area contributed by atoms with E-state index in [2.05, 4.69) is 4.74 Å². The van der Waals surface area contributed by atoms with Crippen molar-refractivity contribution in [3.05, 3.63) is 0 Å². The quantitative estimate of drug-likeness (QED) is 0.578. The van der Waals surface area contributed by atoms with Crippen molar-refractivity contribution in [2.75, 3.05) is 20.7 Å². The lowest BCUT2D eigenvalue weighted by Gasteiger charge is -2.15. The molecule has 1 saturated heterocycles. The molecule has 0 aromatic rings. The van der Waals surface area contributed by atoms with Crippen LogP contribution >= 0.6 is 12.4 Å². The summed E-state index contributed by atoms with van der Waals surface area (Å²) in [7, 11) is 3.29. The summed E-state index contributed by atoms with van der Waals surface area (Å²) in [6, 6.07) is -0.0147. The molecule has 1 rings (SSSR count). The molecule has 1 aliphatic rings. The van der Waals surface area contributed by atoms with Gasteiger partial charge in [-0.05, 0) is 13.5 Å². The molecule has 0 aromatic heterocycles. The Bertz CT molecular complexity index is 165. The number of methoxy groups -OCH3 is 1. The molecule has 1 aliphatic heterocycles. The molecule has 0 bridgehead atoms. The Kier molecular flexibility index (Phi) is 4.52. The summed E-state index contributed by atoms with van der Waals surface area (Å²) < 4.78 is 4.62. The second kappa shape index (κ2) is 4.64. The molecule has 1 fully saturated rings. The van der Waals surface area contributed by atoms with E-state index in [1.807, 2.05) is 11.9 Å². The summed E-state index contributed by atoms with van der Waals surface area (Å²) in [4.78, 5) is 13.0. The zero-order valence-electron chi connectivity index (χ0n) is 7.32. The van der Waals surface area contributed by atoms with Crippen LogP contribution in [0.1, 0.15) is 6.42 Å². The monoisotopic (exact) mass is 194 g/mol. The fourth-order valence-electron chi connectivity index (χ4n) is 1.45. The number of hydrogen-bond donors (Lipinski definition) is 1. The number of ether oxygens (including phenoxy) is 1. The molecule has 0 aromatic carbocycles. The predicted octanol–water partition coefficient (Wildman–Crippen LogP) is -0.387. The van der Waals surface area contributed by atoms with E-state index in [-0.39, 0.29) is 30.5 Å². The predicted molar refractivity (Wildman–Crippen MR) is 48.3 cm³/mol. The van der Waals surface area contributed by atoms with E-state index in [1.165, 1.54) is 7.11 Å². The highest BCUT2D eigenvalue weighted by Gasteiger charge is 2.32. The van der Waals surface area contributed by atoms with Crippen LogP contribution < -0.4 is 5.73 Å². The second-order valence-electron chi connectivity index (χ2n) is 2.97. The molecule has 0 spiro atoms. The molecule has 12 heavy (non-hydrogen) atoms. The molecule has 0 amide bonds. The molecule has 0 saturated carbocycles. The van der Waals surface area contributed by atoms with Gasteiger partial charge in [0, 0.05) is 12.6 Å². The van der Waals surface area contributed by atoms with Crippen LogP contribution in [0.15, 0.2) is 0 Å². The number of nitrogens with zero attached hydrogens (tertiary/aromatic N) is 1. The van der Waals surface area contributed by atoms with Crippen LogP contribution in [0.5, 0.6) is 0 Å². The van der Waals surface area contributed by atoms with Gasteiger partial charge in [0.05, 0.1) is 7.11 Å². The van der Waals surface area contributed by atoms with Gasteiger partial charge in [0.25, 0.3) is 0 Å².